The number of amidine groups is 1. The number of likely N-dealkylation sites (N-methyl/N-ethyl adjacent to an activating group) is 1. The Morgan fingerprint density at radius 1 is 1.15 bits per heavy atom. The van der Waals surface area contributed by atoms with Crippen molar-refractivity contribution in [2.45, 2.75) is 32.2 Å². The van der Waals surface area contributed by atoms with E-state index in [2.05, 4.69) is 10.2 Å². The molecule has 2 aliphatic rings. The standard InChI is InChI=1S/C26H30N4O2S/c1-18-23(25(32)29(2)3)24(30-15-8-16-33-26(30)27-18)20-11-7-12-21(17-20)28-22(31)14-13-19-9-5-4-6-10-19/h4-7,9-12,17,24H,8,13-16H2,1-3H3,(H,28,31). The normalized spacial score (nSPS) is 17.8. The Hall–Kier alpha value is -3.06. The molecule has 172 valence electrons. The fourth-order valence-electron chi connectivity index (χ4n) is 4.24. The molecule has 2 heterocycles. The average molecular weight is 463 g/mol. The molecule has 7 heteroatoms. The highest BCUT2D eigenvalue weighted by molar-refractivity contribution is 8.13. The molecule has 2 amide bonds. The van der Waals surface area contributed by atoms with Crippen molar-refractivity contribution in [2.75, 3.05) is 31.7 Å². The molecule has 6 nitrogen and oxygen atoms in total. The zero-order valence-electron chi connectivity index (χ0n) is 19.4. The van der Waals surface area contributed by atoms with Crippen LogP contribution in [0.25, 0.3) is 0 Å². The maximum Gasteiger partial charge on any atom is 0.253 e. The van der Waals surface area contributed by atoms with Gasteiger partial charge in [-0.1, -0.05) is 54.2 Å². The van der Waals surface area contributed by atoms with Gasteiger partial charge in [-0.25, -0.2) is 4.99 Å². The zero-order valence-corrected chi connectivity index (χ0v) is 20.2. The third-order valence-electron chi connectivity index (χ3n) is 5.86. The summed E-state index contributed by atoms with van der Waals surface area (Å²) in [5.74, 6) is 0.976. The minimum atomic E-state index is -0.221. The summed E-state index contributed by atoms with van der Waals surface area (Å²) in [7, 11) is 3.54. The molecule has 1 unspecified atom stereocenters. The lowest BCUT2D eigenvalue weighted by Gasteiger charge is -2.41. The minimum absolute atomic E-state index is 0.0215. The number of carbonyl (C=O) groups is 2. The molecule has 1 atom stereocenters. The molecule has 0 aliphatic carbocycles. The molecule has 0 aromatic heterocycles. The van der Waals surface area contributed by atoms with Gasteiger partial charge < -0.3 is 15.1 Å². The van der Waals surface area contributed by atoms with E-state index in [1.54, 1.807) is 30.8 Å². The number of hydrogen-bond donors (Lipinski definition) is 1. The molecule has 0 saturated carbocycles. The van der Waals surface area contributed by atoms with Crippen molar-refractivity contribution >= 4 is 34.4 Å². The lowest BCUT2D eigenvalue weighted by Crippen LogP contribution is -2.43. The van der Waals surface area contributed by atoms with Gasteiger partial charge in [-0.3, -0.25) is 9.59 Å². The summed E-state index contributed by atoms with van der Waals surface area (Å²) in [5, 5.41) is 4.01. The molecular weight excluding hydrogens is 432 g/mol. The molecule has 2 aromatic carbocycles. The molecule has 2 aliphatic heterocycles. The van der Waals surface area contributed by atoms with Gasteiger partial charge in [-0.05, 0) is 43.0 Å². The Labute approximate surface area is 199 Å². The molecule has 0 radical (unpaired) electrons. The van der Waals surface area contributed by atoms with Crippen LogP contribution in [0.5, 0.6) is 0 Å². The van der Waals surface area contributed by atoms with Gasteiger partial charge in [0, 0.05) is 38.5 Å². The van der Waals surface area contributed by atoms with Crippen LogP contribution >= 0.6 is 11.8 Å². The fourth-order valence-corrected chi connectivity index (χ4v) is 5.26. The lowest BCUT2D eigenvalue weighted by atomic mass is 9.93. The number of nitrogens with one attached hydrogen (secondary N) is 1. The summed E-state index contributed by atoms with van der Waals surface area (Å²) < 4.78 is 0. The number of anilines is 1. The number of thioether (sulfide) groups is 1. The van der Waals surface area contributed by atoms with Gasteiger partial charge in [0.1, 0.15) is 0 Å². The number of benzene rings is 2. The maximum atomic E-state index is 13.1. The molecule has 33 heavy (non-hydrogen) atoms. The Bertz CT molecular complexity index is 1090. The van der Waals surface area contributed by atoms with Crippen molar-refractivity contribution in [3.63, 3.8) is 0 Å². The maximum absolute atomic E-state index is 13.1. The van der Waals surface area contributed by atoms with Crippen molar-refractivity contribution < 1.29 is 9.59 Å². The minimum Gasteiger partial charge on any atom is -0.345 e. The van der Waals surface area contributed by atoms with Gasteiger partial charge in [-0.2, -0.15) is 0 Å². The van der Waals surface area contributed by atoms with Crippen LogP contribution in [0.3, 0.4) is 0 Å². The summed E-state index contributed by atoms with van der Waals surface area (Å²) in [6.45, 7) is 2.76. The topological polar surface area (TPSA) is 65.0 Å². The first kappa shape index (κ1) is 23.1. The number of allylic oxidation sites excluding steroid dienone is 1. The summed E-state index contributed by atoms with van der Waals surface area (Å²) in [4.78, 5) is 34.3. The molecule has 1 N–H and O–H groups in total. The molecule has 2 aromatic rings. The molecule has 4 rings (SSSR count). The van der Waals surface area contributed by atoms with Crippen LogP contribution < -0.4 is 5.32 Å². The Kier molecular flexibility index (Phi) is 7.18. The van der Waals surface area contributed by atoms with Gasteiger partial charge >= 0.3 is 0 Å². The van der Waals surface area contributed by atoms with Crippen LogP contribution in [0, 0.1) is 0 Å². The van der Waals surface area contributed by atoms with E-state index in [9.17, 15) is 9.59 Å². The quantitative estimate of drug-likeness (QED) is 0.688. The van der Waals surface area contributed by atoms with Gasteiger partial charge in [0.2, 0.25) is 5.91 Å². The second kappa shape index (κ2) is 10.3. The first-order chi connectivity index (χ1) is 15.9. The highest BCUT2D eigenvalue weighted by Gasteiger charge is 2.37. The molecule has 0 spiro atoms. The highest BCUT2D eigenvalue weighted by Crippen LogP contribution is 2.40. The van der Waals surface area contributed by atoms with E-state index in [4.69, 9.17) is 4.99 Å². The average Bonchev–Trinajstić information content (AvgIpc) is 2.82. The van der Waals surface area contributed by atoms with E-state index in [0.717, 1.165) is 46.4 Å². The van der Waals surface area contributed by atoms with Crippen LogP contribution in [0.4, 0.5) is 5.69 Å². The van der Waals surface area contributed by atoms with Gasteiger partial charge in [0.25, 0.3) is 5.91 Å². The van der Waals surface area contributed by atoms with Crippen molar-refractivity contribution in [1.29, 1.82) is 0 Å². The Morgan fingerprint density at radius 2 is 1.94 bits per heavy atom. The molecular formula is C26H30N4O2S. The number of rotatable bonds is 6. The van der Waals surface area contributed by atoms with Crippen LogP contribution in [-0.2, 0) is 16.0 Å². The first-order valence-electron chi connectivity index (χ1n) is 11.3. The Morgan fingerprint density at radius 3 is 2.70 bits per heavy atom. The SMILES string of the molecule is CC1=C(C(=O)N(C)C)C(c2cccc(NC(=O)CCc3ccccc3)c2)N2CCCSC2=N1. The van der Waals surface area contributed by atoms with Crippen molar-refractivity contribution in [3.8, 4) is 0 Å². The van der Waals surface area contributed by atoms with E-state index < -0.39 is 0 Å². The second-order valence-electron chi connectivity index (χ2n) is 8.55. The van der Waals surface area contributed by atoms with E-state index in [1.165, 1.54) is 0 Å². The summed E-state index contributed by atoms with van der Waals surface area (Å²) in [6.07, 6.45) is 2.16. The number of hydrogen-bond acceptors (Lipinski definition) is 5. The van der Waals surface area contributed by atoms with E-state index in [-0.39, 0.29) is 17.9 Å². The smallest absolute Gasteiger partial charge is 0.253 e. The van der Waals surface area contributed by atoms with E-state index in [0.29, 0.717) is 18.4 Å². The lowest BCUT2D eigenvalue weighted by molar-refractivity contribution is -0.125. The second-order valence-corrected chi connectivity index (χ2v) is 9.61. The van der Waals surface area contributed by atoms with Gasteiger partial charge in [-0.15, -0.1) is 0 Å². The number of fused-ring (bicyclic) bond motifs is 1. The number of aryl methyl sites for hydroxylation is 1. The largest absolute Gasteiger partial charge is 0.345 e. The van der Waals surface area contributed by atoms with E-state index >= 15 is 0 Å². The highest BCUT2D eigenvalue weighted by atomic mass is 32.2. The predicted octanol–water partition coefficient (Wildman–Crippen LogP) is 4.47. The third kappa shape index (κ3) is 5.30. The van der Waals surface area contributed by atoms with Crippen LogP contribution in [-0.4, -0.2) is 53.2 Å². The molecule has 0 bridgehead atoms. The van der Waals surface area contributed by atoms with E-state index in [1.807, 2.05) is 61.5 Å². The van der Waals surface area contributed by atoms with Crippen LogP contribution in [0.2, 0.25) is 0 Å². The van der Waals surface area contributed by atoms with Crippen molar-refractivity contribution in [1.82, 2.24) is 9.80 Å². The summed E-state index contributed by atoms with van der Waals surface area (Å²) in [5.41, 5.74) is 4.32. The number of amides is 2. The number of aliphatic imine (C=N–C) groups is 1. The Balaban J connectivity index is 1.58. The summed E-state index contributed by atoms with van der Waals surface area (Å²) in [6, 6.07) is 17.7. The first-order valence-corrected chi connectivity index (χ1v) is 12.3. The van der Waals surface area contributed by atoms with Gasteiger partial charge in [0.05, 0.1) is 17.3 Å². The monoisotopic (exact) mass is 462 g/mol. The number of nitrogens with zero attached hydrogens (tertiary/aromatic N) is 3. The number of carbonyl (C=O) groups excluding carboxylic acids is 2. The fraction of sp³-hybridized carbons (Fsp3) is 0.346. The molecule has 1 saturated heterocycles. The van der Waals surface area contributed by atoms with Crippen LogP contribution in [0.15, 0.2) is 70.9 Å². The predicted molar refractivity (Wildman–Crippen MR) is 135 cm³/mol. The zero-order chi connectivity index (χ0) is 23.4. The van der Waals surface area contributed by atoms with Crippen LogP contribution in [0.1, 0.15) is 36.9 Å². The van der Waals surface area contributed by atoms with Gasteiger partial charge in [0.15, 0.2) is 5.17 Å². The molecule has 1 fully saturated rings. The van der Waals surface area contributed by atoms with Crippen molar-refractivity contribution in [2.24, 2.45) is 4.99 Å². The van der Waals surface area contributed by atoms with Crippen molar-refractivity contribution in [3.05, 3.63) is 77.0 Å². The summed E-state index contributed by atoms with van der Waals surface area (Å²) >= 11 is 1.74. The third-order valence-corrected chi connectivity index (χ3v) is 6.94.